The summed E-state index contributed by atoms with van der Waals surface area (Å²) in [6.07, 6.45) is 8.39. The second-order valence-electron chi connectivity index (χ2n) is 7.53. The van der Waals surface area contributed by atoms with E-state index in [1.807, 2.05) is 0 Å². The van der Waals surface area contributed by atoms with Crippen LogP contribution in [0, 0.1) is 0 Å². The van der Waals surface area contributed by atoms with Crippen molar-refractivity contribution in [1.82, 2.24) is 4.90 Å². The highest BCUT2D eigenvalue weighted by atomic mass is 16.5. The molecular weight excluding hydrogens is 334 g/mol. The minimum Gasteiger partial charge on any atom is -0.493 e. The number of fused-ring (bicyclic) bond motifs is 2. The van der Waals surface area contributed by atoms with E-state index in [1.54, 1.807) is 19.8 Å². The normalized spacial score (nSPS) is 18.1. The SMILES string of the molecule is COc1cc2c(cc1OC)CN(CC/C=C1\CCCc3ccccc31)CC2. The summed E-state index contributed by atoms with van der Waals surface area (Å²) in [6, 6.07) is 13.2. The van der Waals surface area contributed by atoms with Crippen LogP contribution in [-0.2, 0) is 19.4 Å². The molecule has 4 rings (SSSR count). The van der Waals surface area contributed by atoms with E-state index in [-0.39, 0.29) is 0 Å². The maximum absolute atomic E-state index is 5.48. The van der Waals surface area contributed by atoms with E-state index in [2.05, 4.69) is 47.4 Å². The van der Waals surface area contributed by atoms with Crippen LogP contribution in [0.1, 0.15) is 41.5 Å². The molecule has 0 saturated heterocycles. The van der Waals surface area contributed by atoms with Gasteiger partial charge in [-0.05, 0) is 72.1 Å². The zero-order valence-corrected chi connectivity index (χ0v) is 16.5. The number of methoxy groups -OCH3 is 2. The van der Waals surface area contributed by atoms with Gasteiger partial charge >= 0.3 is 0 Å². The maximum atomic E-state index is 5.48. The van der Waals surface area contributed by atoms with E-state index in [0.29, 0.717) is 0 Å². The lowest BCUT2D eigenvalue weighted by Gasteiger charge is -2.29. The van der Waals surface area contributed by atoms with Gasteiger partial charge in [-0.15, -0.1) is 0 Å². The van der Waals surface area contributed by atoms with Gasteiger partial charge < -0.3 is 9.47 Å². The van der Waals surface area contributed by atoms with Crippen molar-refractivity contribution in [2.75, 3.05) is 27.3 Å². The molecule has 0 N–H and O–H groups in total. The highest BCUT2D eigenvalue weighted by Gasteiger charge is 2.19. The summed E-state index contributed by atoms with van der Waals surface area (Å²) >= 11 is 0. The summed E-state index contributed by atoms with van der Waals surface area (Å²) in [5.74, 6) is 1.67. The van der Waals surface area contributed by atoms with E-state index in [1.165, 1.54) is 41.5 Å². The van der Waals surface area contributed by atoms with Crippen molar-refractivity contribution in [2.45, 2.75) is 38.6 Å². The van der Waals surface area contributed by atoms with Crippen molar-refractivity contribution in [1.29, 1.82) is 0 Å². The molecule has 2 aromatic carbocycles. The van der Waals surface area contributed by atoms with Crippen LogP contribution in [0.15, 0.2) is 42.5 Å². The highest BCUT2D eigenvalue weighted by Crippen LogP contribution is 2.34. The minimum absolute atomic E-state index is 0.832. The molecule has 27 heavy (non-hydrogen) atoms. The first-order valence-electron chi connectivity index (χ1n) is 10.0. The number of rotatable bonds is 5. The third-order valence-electron chi connectivity index (χ3n) is 5.89. The topological polar surface area (TPSA) is 21.7 Å². The van der Waals surface area contributed by atoms with E-state index < -0.39 is 0 Å². The predicted molar refractivity (Wildman–Crippen MR) is 111 cm³/mol. The molecule has 0 fully saturated rings. The standard InChI is InChI=1S/C24H29NO2/c1-26-23-15-20-12-14-25(17-21(20)16-24(23)27-2)13-6-10-19-9-5-8-18-7-3-4-11-22(18)19/h3-4,7,10-11,15-16H,5-6,8-9,12-14,17H2,1-2H3/b19-10+. The average Bonchev–Trinajstić information content (AvgIpc) is 2.72. The van der Waals surface area contributed by atoms with Gasteiger partial charge in [0.25, 0.3) is 0 Å². The van der Waals surface area contributed by atoms with Gasteiger partial charge in [0.2, 0.25) is 0 Å². The molecule has 0 amide bonds. The van der Waals surface area contributed by atoms with Crippen molar-refractivity contribution in [3.63, 3.8) is 0 Å². The Morgan fingerprint density at radius 1 is 0.926 bits per heavy atom. The fraction of sp³-hybridized carbons (Fsp3) is 0.417. The van der Waals surface area contributed by atoms with Crippen molar-refractivity contribution in [3.05, 3.63) is 64.7 Å². The van der Waals surface area contributed by atoms with Gasteiger partial charge in [-0.1, -0.05) is 30.3 Å². The average molecular weight is 364 g/mol. The molecule has 0 bridgehead atoms. The molecule has 1 aliphatic heterocycles. The van der Waals surface area contributed by atoms with Gasteiger partial charge in [0.15, 0.2) is 11.5 Å². The fourth-order valence-corrected chi connectivity index (χ4v) is 4.42. The van der Waals surface area contributed by atoms with Gasteiger partial charge in [0.05, 0.1) is 14.2 Å². The summed E-state index contributed by atoms with van der Waals surface area (Å²) < 4.78 is 10.9. The minimum atomic E-state index is 0.832. The molecular formula is C24H29NO2. The first kappa shape index (κ1) is 18.1. The second kappa shape index (κ2) is 8.18. The Labute approximate surface area is 162 Å². The zero-order chi connectivity index (χ0) is 18.6. The third-order valence-corrected chi connectivity index (χ3v) is 5.89. The zero-order valence-electron chi connectivity index (χ0n) is 16.5. The van der Waals surface area contributed by atoms with Crippen LogP contribution in [-0.4, -0.2) is 32.2 Å². The molecule has 1 heterocycles. The molecule has 0 saturated carbocycles. The molecule has 0 atom stereocenters. The monoisotopic (exact) mass is 363 g/mol. The lowest BCUT2D eigenvalue weighted by molar-refractivity contribution is 0.257. The van der Waals surface area contributed by atoms with Crippen LogP contribution in [0.2, 0.25) is 0 Å². The van der Waals surface area contributed by atoms with Gasteiger partial charge in [0.1, 0.15) is 0 Å². The van der Waals surface area contributed by atoms with Crippen molar-refractivity contribution >= 4 is 5.57 Å². The van der Waals surface area contributed by atoms with Crippen molar-refractivity contribution < 1.29 is 9.47 Å². The second-order valence-corrected chi connectivity index (χ2v) is 7.53. The van der Waals surface area contributed by atoms with Gasteiger partial charge in [-0.3, -0.25) is 4.90 Å². The van der Waals surface area contributed by atoms with E-state index in [9.17, 15) is 0 Å². The number of benzene rings is 2. The molecule has 142 valence electrons. The third kappa shape index (κ3) is 3.89. The largest absolute Gasteiger partial charge is 0.493 e. The molecule has 3 heteroatoms. The van der Waals surface area contributed by atoms with Gasteiger partial charge in [-0.25, -0.2) is 0 Å². The number of aryl methyl sites for hydroxylation is 1. The summed E-state index contributed by atoms with van der Waals surface area (Å²) in [5, 5.41) is 0. The summed E-state index contributed by atoms with van der Waals surface area (Å²) in [7, 11) is 3.41. The maximum Gasteiger partial charge on any atom is 0.161 e. The Morgan fingerprint density at radius 3 is 2.52 bits per heavy atom. The summed E-state index contributed by atoms with van der Waals surface area (Å²) in [4.78, 5) is 2.56. The molecule has 3 nitrogen and oxygen atoms in total. The Hall–Kier alpha value is -2.26. The lowest BCUT2D eigenvalue weighted by Crippen LogP contribution is -2.31. The highest BCUT2D eigenvalue weighted by molar-refractivity contribution is 5.69. The Kier molecular flexibility index (Phi) is 5.49. The van der Waals surface area contributed by atoms with Gasteiger partial charge in [0, 0.05) is 19.6 Å². The van der Waals surface area contributed by atoms with E-state index in [4.69, 9.17) is 9.47 Å². The van der Waals surface area contributed by atoms with Crippen LogP contribution in [0.4, 0.5) is 0 Å². The van der Waals surface area contributed by atoms with Crippen LogP contribution >= 0.6 is 0 Å². The fourth-order valence-electron chi connectivity index (χ4n) is 4.42. The van der Waals surface area contributed by atoms with Crippen LogP contribution < -0.4 is 9.47 Å². The number of hydrogen-bond donors (Lipinski definition) is 0. The summed E-state index contributed by atoms with van der Waals surface area (Å²) in [6.45, 7) is 3.22. The molecule has 0 aromatic heterocycles. The molecule has 2 aliphatic rings. The Balaban J connectivity index is 1.41. The number of hydrogen-bond acceptors (Lipinski definition) is 3. The molecule has 0 unspecified atom stereocenters. The summed E-state index contributed by atoms with van der Waals surface area (Å²) in [5.41, 5.74) is 7.30. The predicted octanol–water partition coefficient (Wildman–Crippen LogP) is 4.87. The quantitative estimate of drug-likeness (QED) is 0.756. The smallest absolute Gasteiger partial charge is 0.161 e. The van der Waals surface area contributed by atoms with Gasteiger partial charge in [-0.2, -0.15) is 0 Å². The Bertz CT molecular complexity index is 840. The van der Waals surface area contributed by atoms with E-state index in [0.717, 1.165) is 44.0 Å². The molecule has 0 spiro atoms. The number of allylic oxidation sites excluding steroid dienone is 1. The molecule has 1 aliphatic carbocycles. The van der Waals surface area contributed by atoms with Crippen LogP contribution in [0.3, 0.4) is 0 Å². The first-order valence-corrected chi connectivity index (χ1v) is 10.0. The molecule has 0 radical (unpaired) electrons. The molecule has 2 aromatic rings. The van der Waals surface area contributed by atoms with E-state index >= 15 is 0 Å². The van der Waals surface area contributed by atoms with Crippen molar-refractivity contribution in [3.8, 4) is 11.5 Å². The van der Waals surface area contributed by atoms with Crippen LogP contribution in [0.25, 0.3) is 5.57 Å². The number of nitrogens with zero attached hydrogens (tertiary/aromatic N) is 1. The Morgan fingerprint density at radius 2 is 1.70 bits per heavy atom. The lowest BCUT2D eigenvalue weighted by atomic mass is 9.87. The number of ether oxygens (including phenoxy) is 2. The van der Waals surface area contributed by atoms with Crippen LogP contribution in [0.5, 0.6) is 11.5 Å². The van der Waals surface area contributed by atoms with Crippen molar-refractivity contribution in [2.24, 2.45) is 0 Å². The first-order chi connectivity index (χ1) is 13.3.